The van der Waals surface area contributed by atoms with Crippen LogP contribution in [0.5, 0.6) is 0 Å². The summed E-state index contributed by atoms with van der Waals surface area (Å²) < 4.78 is 4.79. The maximum Gasteiger partial charge on any atom is 0.316 e. The molecule has 1 aromatic heterocycles. The topological polar surface area (TPSA) is 43.4 Å². The van der Waals surface area contributed by atoms with Gasteiger partial charge in [0.1, 0.15) is 5.92 Å². The number of ketones is 1. The monoisotopic (exact) mass is 226 g/mol. The molecule has 0 aliphatic rings. The zero-order valence-corrected chi connectivity index (χ0v) is 9.67. The molecule has 1 rings (SSSR count). The van der Waals surface area contributed by atoms with Crippen molar-refractivity contribution in [3.05, 3.63) is 22.4 Å². The lowest BCUT2D eigenvalue weighted by atomic mass is 10.0. The summed E-state index contributed by atoms with van der Waals surface area (Å²) in [5.74, 6) is -1.18. The fraction of sp³-hybridized carbons (Fsp3) is 0.455. The van der Waals surface area contributed by atoms with E-state index in [1.165, 1.54) is 11.3 Å². The van der Waals surface area contributed by atoms with E-state index < -0.39 is 11.9 Å². The van der Waals surface area contributed by atoms with Crippen LogP contribution in [-0.2, 0) is 20.7 Å². The average molecular weight is 226 g/mol. The summed E-state index contributed by atoms with van der Waals surface area (Å²) >= 11 is 1.52. The molecule has 0 aliphatic heterocycles. The maximum absolute atomic E-state index is 11.6. The summed E-state index contributed by atoms with van der Waals surface area (Å²) in [6.45, 7) is 3.64. The van der Waals surface area contributed by atoms with E-state index in [0.717, 1.165) is 4.88 Å². The summed E-state index contributed by atoms with van der Waals surface area (Å²) in [5, 5.41) is 1.91. The zero-order chi connectivity index (χ0) is 11.3. The molecule has 0 fully saturated rings. The molecular weight excluding hydrogens is 212 g/mol. The third-order valence-corrected chi connectivity index (χ3v) is 2.93. The van der Waals surface area contributed by atoms with Crippen LogP contribution in [0, 0.1) is 5.92 Å². The molecule has 1 atom stereocenters. The molecule has 82 valence electrons. The molecule has 0 N–H and O–H groups in total. The SMILES string of the molecule is CCOC(=O)[C@@H](C)C(=O)Cc1cccs1. The molecule has 3 nitrogen and oxygen atoms in total. The third-order valence-electron chi connectivity index (χ3n) is 2.05. The van der Waals surface area contributed by atoms with Gasteiger partial charge in [-0.1, -0.05) is 6.07 Å². The fourth-order valence-corrected chi connectivity index (χ4v) is 1.85. The van der Waals surface area contributed by atoms with Gasteiger partial charge in [0.25, 0.3) is 0 Å². The summed E-state index contributed by atoms with van der Waals surface area (Å²) in [7, 11) is 0. The minimum atomic E-state index is -0.660. The third kappa shape index (κ3) is 3.47. The van der Waals surface area contributed by atoms with E-state index in [-0.39, 0.29) is 5.78 Å². The summed E-state index contributed by atoms with van der Waals surface area (Å²) in [6, 6.07) is 3.78. The standard InChI is InChI=1S/C11H14O3S/c1-3-14-11(13)8(2)10(12)7-9-5-4-6-15-9/h4-6,8H,3,7H2,1-2H3/t8-/m0/s1. The quantitative estimate of drug-likeness (QED) is 0.570. The highest BCUT2D eigenvalue weighted by molar-refractivity contribution is 7.10. The Bertz CT molecular complexity index is 330. The minimum Gasteiger partial charge on any atom is -0.465 e. The second-order valence-electron chi connectivity index (χ2n) is 3.20. The average Bonchev–Trinajstić information content (AvgIpc) is 2.69. The normalized spacial score (nSPS) is 12.1. The molecular formula is C11H14O3S. The smallest absolute Gasteiger partial charge is 0.316 e. The number of esters is 1. The molecule has 4 heteroatoms. The summed E-state index contributed by atoms with van der Waals surface area (Å²) in [6.07, 6.45) is 0.317. The molecule has 0 amide bonds. The molecule has 0 saturated heterocycles. The van der Waals surface area contributed by atoms with E-state index in [4.69, 9.17) is 4.74 Å². The highest BCUT2D eigenvalue weighted by Gasteiger charge is 2.22. The van der Waals surface area contributed by atoms with Gasteiger partial charge < -0.3 is 4.74 Å². The first-order valence-corrected chi connectivity index (χ1v) is 5.74. The Labute approximate surface area is 93.1 Å². The van der Waals surface area contributed by atoms with Gasteiger partial charge in [-0.3, -0.25) is 9.59 Å². The highest BCUT2D eigenvalue weighted by atomic mass is 32.1. The van der Waals surface area contributed by atoms with Gasteiger partial charge in [0.2, 0.25) is 0 Å². The zero-order valence-electron chi connectivity index (χ0n) is 8.86. The highest BCUT2D eigenvalue weighted by Crippen LogP contribution is 2.12. The molecule has 0 spiro atoms. The molecule has 0 aromatic carbocycles. The predicted molar refractivity (Wildman–Crippen MR) is 58.8 cm³/mol. The number of hydrogen-bond acceptors (Lipinski definition) is 4. The van der Waals surface area contributed by atoms with Crippen molar-refractivity contribution in [1.82, 2.24) is 0 Å². The molecule has 1 heterocycles. The minimum absolute atomic E-state index is 0.0871. The second-order valence-corrected chi connectivity index (χ2v) is 4.23. The lowest BCUT2D eigenvalue weighted by Gasteiger charge is -2.08. The van der Waals surface area contributed by atoms with E-state index in [2.05, 4.69) is 0 Å². The molecule has 0 radical (unpaired) electrons. The van der Waals surface area contributed by atoms with Crippen LogP contribution in [-0.4, -0.2) is 18.4 Å². The number of Topliss-reactive ketones (excluding diaryl/α,β-unsaturated/α-hetero) is 1. The van der Waals surface area contributed by atoms with Crippen LogP contribution < -0.4 is 0 Å². The molecule has 15 heavy (non-hydrogen) atoms. The van der Waals surface area contributed by atoms with Crippen LogP contribution in [0.15, 0.2) is 17.5 Å². The summed E-state index contributed by atoms with van der Waals surface area (Å²) in [4.78, 5) is 23.9. The molecule has 0 bridgehead atoms. The second kappa shape index (κ2) is 5.66. The van der Waals surface area contributed by atoms with Crippen LogP contribution in [0.1, 0.15) is 18.7 Å². The van der Waals surface area contributed by atoms with Gasteiger partial charge in [-0.15, -0.1) is 11.3 Å². The summed E-state index contributed by atoms with van der Waals surface area (Å²) in [5.41, 5.74) is 0. The van der Waals surface area contributed by atoms with E-state index in [1.807, 2.05) is 17.5 Å². The number of carbonyl (C=O) groups is 2. The van der Waals surface area contributed by atoms with Gasteiger partial charge in [-0.25, -0.2) is 0 Å². The number of rotatable bonds is 5. The molecule has 0 aliphatic carbocycles. The van der Waals surface area contributed by atoms with Gasteiger partial charge in [0, 0.05) is 11.3 Å². The Hall–Kier alpha value is -1.16. The van der Waals surface area contributed by atoms with Crippen molar-refractivity contribution >= 4 is 23.1 Å². The van der Waals surface area contributed by atoms with Crippen molar-refractivity contribution in [3.8, 4) is 0 Å². The van der Waals surface area contributed by atoms with Crippen molar-refractivity contribution < 1.29 is 14.3 Å². The first kappa shape index (κ1) is 11.9. The molecule has 1 aromatic rings. The van der Waals surface area contributed by atoms with E-state index in [9.17, 15) is 9.59 Å². The van der Waals surface area contributed by atoms with Crippen molar-refractivity contribution in [1.29, 1.82) is 0 Å². The maximum atomic E-state index is 11.6. The Balaban J connectivity index is 2.50. The van der Waals surface area contributed by atoms with Gasteiger partial charge in [-0.2, -0.15) is 0 Å². The van der Waals surface area contributed by atoms with Crippen LogP contribution in [0.2, 0.25) is 0 Å². The van der Waals surface area contributed by atoms with Crippen LogP contribution in [0.3, 0.4) is 0 Å². The lowest BCUT2D eigenvalue weighted by Crippen LogP contribution is -2.24. The van der Waals surface area contributed by atoms with E-state index in [1.54, 1.807) is 13.8 Å². The van der Waals surface area contributed by atoms with E-state index in [0.29, 0.717) is 13.0 Å². The van der Waals surface area contributed by atoms with Crippen molar-refractivity contribution in [2.45, 2.75) is 20.3 Å². The van der Waals surface area contributed by atoms with Gasteiger partial charge in [0.15, 0.2) is 5.78 Å². The van der Waals surface area contributed by atoms with Crippen molar-refractivity contribution in [3.63, 3.8) is 0 Å². The number of hydrogen-bond donors (Lipinski definition) is 0. The Kier molecular flexibility index (Phi) is 4.49. The molecule has 0 saturated carbocycles. The first-order valence-electron chi connectivity index (χ1n) is 4.87. The Morgan fingerprint density at radius 3 is 2.80 bits per heavy atom. The Morgan fingerprint density at radius 2 is 2.27 bits per heavy atom. The largest absolute Gasteiger partial charge is 0.465 e. The fourth-order valence-electron chi connectivity index (χ4n) is 1.14. The molecule has 0 unspecified atom stereocenters. The Morgan fingerprint density at radius 1 is 1.53 bits per heavy atom. The van der Waals surface area contributed by atoms with Gasteiger partial charge in [-0.05, 0) is 25.3 Å². The van der Waals surface area contributed by atoms with Gasteiger partial charge >= 0.3 is 5.97 Å². The van der Waals surface area contributed by atoms with Crippen LogP contribution in [0.25, 0.3) is 0 Å². The van der Waals surface area contributed by atoms with Crippen molar-refractivity contribution in [2.24, 2.45) is 5.92 Å². The first-order chi connectivity index (χ1) is 7.15. The van der Waals surface area contributed by atoms with Crippen LogP contribution >= 0.6 is 11.3 Å². The van der Waals surface area contributed by atoms with Crippen molar-refractivity contribution in [2.75, 3.05) is 6.61 Å². The van der Waals surface area contributed by atoms with Gasteiger partial charge in [0.05, 0.1) is 6.61 Å². The van der Waals surface area contributed by atoms with Crippen LogP contribution in [0.4, 0.5) is 0 Å². The lowest BCUT2D eigenvalue weighted by molar-refractivity contribution is -0.150. The predicted octanol–water partition coefficient (Wildman–Crippen LogP) is 2.06. The van der Waals surface area contributed by atoms with E-state index >= 15 is 0 Å². The number of ether oxygens (including phenoxy) is 1. The number of thiophene rings is 1. The number of carbonyl (C=O) groups excluding carboxylic acids is 2.